The zero-order valence-corrected chi connectivity index (χ0v) is 12.8. The summed E-state index contributed by atoms with van der Waals surface area (Å²) >= 11 is 1.49. The Morgan fingerprint density at radius 2 is 1.81 bits per heavy atom. The molecule has 0 fully saturated rings. The maximum absolute atomic E-state index is 11.8. The molecule has 0 amide bonds. The van der Waals surface area contributed by atoms with Gasteiger partial charge in [0.1, 0.15) is 0 Å². The van der Waals surface area contributed by atoms with Crippen molar-refractivity contribution in [2.24, 2.45) is 14.1 Å². The lowest BCUT2D eigenvalue weighted by molar-refractivity contribution is 0.204. The molecule has 0 spiro atoms. The normalized spacial score (nSPS) is 12.3. The fourth-order valence-corrected chi connectivity index (χ4v) is 2.98. The lowest BCUT2D eigenvalue weighted by atomic mass is 10.1. The van der Waals surface area contributed by atoms with Crippen LogP contribution in [-0.4, -0.2) is 20.0 Å². The molecule has 0 bridgehead atoms. The fraction of sp³-hybridized carbons (Fsp3) is 0.333. The second-order valence-electron chi connectivity index (χ2n) is 4.82. The number of rotatable bonds is 5. The summed E-state index contributed by atoms with van der Waals surface area (Å²) in [5.74, 6) is 1.01. The first-order valence-electron chi connectivity index (χ1n) is 6.57. The highest BCUT2D eigenvalue weighted by atomic mass is 32.2. The second kappa shape index (κ2) is 6.78. The number of hydrogen-bond donors (Lipinski definition) is 1. The zero-order valence-electron chi connectivity index (χ0n) is 12.0. The second-order valence-corrected chi connectivity index (χ2v) is 5.85. The third-order valence-corrected chi connectivity index (χ3v) is 4.39. The molecule has 6 heteroatoms. The van der Waals surface area contributed by atoms with E-state index >= 15 is 0 Å². The van der Waals surface area contributed by atoms with Gasteiger partial charge < -0.3 is 5.11 Å². The van der Waals surface area contributed by atoms with Gasteiger partial charge in [-0.1, -0.05) is 30.3 Å². The van der Waals surface area contributed by atoms with Gasteiger partial charge in [0, 0.05) is 37.4 Å². The molecule has 0 aliphatic heterocycles. The molecule has 1 aromatic heterocycles. The van der Waals surface area contributed by atoms with E-state index in [0.717, 1.165) is 10.1 Å². The van der Waals surface area contributed by atoms with Gasteiger partial charge in [-0.05, 0) is 5.56 Å². The van der Waals surface area contributed by atoms with Gasteiger partial charge in [-0.3, -0.25) is 13.9 Å². The molecule has 1 N–H and O–H groups in total. The van der Waals surface area contributed by atoms with E-state index in [1.807, 2.05) is 30.3 Å². The highest BCUT2D eigenvalue weighted by Crippen LogP contribution is 2.20. The lowest BCUT2D eigenvalue weighted by Crippen LogP contribution is -2.37. The van der Waals surface area contributed by atoms with Crippen LogP contribution < -0.4 is 11.2 Å². The number of hydrogen-bond acceptors (Lipinski definition) is 4. The molecular weight excluding hydrogens is 288 g/mol. The summed E-state index contributed by atoms with van der Waals surface area (Å²) in [4.78, 5) is 23.4. The number of nitrogens with zero attached hydrogens (tertiary/aromatic N) is 2. The zero-order chi connectivity index (χ0) is 15.4. The van der Waals surface area contributed by atoms with Crippen molar-refractivity contribution >= 4 is 11.8 Å². The molecule has 0 radical (unpaired) electrons. The topological polar surface area (TPSA) is 64.2 Å². The predicted molar refractivity (Wildman–Crippen MR) is 84.5 cm³/mol. The molecule has 5 nitrogen and oxygen atoms in total. The van der Waals surface area contributed by atoms with Crippen molar-refractivity contribution < 1.29 is 5.11 Å². The van der Waals surface area contributed by atoms with E-state index < -0.39 is 6.10 Å². The van der Waals surface area contributed by atoms with Crippen molar-refractivity contribution in [3.63, 3.8) is 0 Å². The van der Waals surface area contributed by atoms with E-state index in [1.54, 1.807) is 7.05 Å². The predicted octanol–water partition coefficient (Wildman–Crippen LogP) is 1.05. The Kier molecular flexibility index (Phi) is 5.03. The van der Waals surface area contributed by atoms with Crippen LogP contribution in [0.5, 0.6) is 0 Å². The summed E-state index contributed by atoms with van der Waals surface area (Å²) in [5.41, 5.74) is 0.884. The molecular formula is C15H18N2O3S. The molecule has 0 aliphatic rings. The van der Waals surface area contributed by atoms with E-state index in [0.29, 0.717) is 17.2 Å². The van der Waals surface area contributed by atoms with Crippen molar-refractivity contribution in [3.05, 3.63) is 68.5 Å². The SMILES string of the molecule is Cn1c(CSC[C@@H](O)c2ccccc2)cc(=O)n(C)c1=O. The summed E-state index contributed by atoms with van der Waals surface area (Å²) < 4.78 is 2.54. The average molecular weight is 306 g/mol. The van der Waals surface area contributed by atoms with Crippen molar-refractivity contribution in [1.29, 1.82) is 0 Å². The maximum Gasteiger partial charge on any atom is 0.330 e. The summed E-state index contributed by atoms with van der Waals surface area (Å²) in [6.45, 7) is 0. The summed E-state index contributed by atoms with van der Waals surface area (Å²) in [7, 11) is 3.10. The Balaban J connectivity index is 2.02. The molecule has 1 aromatic carbocycles. The highest BCUT2D eigenvalue weighted by Gasteiger charge is 2.09. The van der Waals surface area contributed by atoms with Crippen LogP contribution in [0.25, 0.3) is 0 Å². The van der Waals surface area contributed by atoms with Gasteiger partial charge in [0.25, 0.3) is 5.56 Å². The number of thioether (sulfide) groups is 1. The molecule has 2 aromatic rings. The first-order chi connectivity index (χ1) is 10.0. The molecule has 0 aliphatic carbocycles. The molecule has 0 saturated carbocycles. The minimum atomic E-state index is -0.556. The molecule has 0 saturated heterocycles. The first-order valence-corrected chi connectivity index (χ1v) is 7.73. The van der Waals surface area contributed by atoms with E-state index in [9.17, 15) is 14.7 Å². The Hall–Kier alpha value is -1.79. The molecule has 21 heavy (non-hydrogen) atoms. The monoisotopic (exact) mass is 306 g/mol. The van der Waals surface area contributed by atoms with Gasteiger partial charge in [-0.15, -0.1) is 0 Å². The first kappa shape index (κ1) is 15.6. The van der Waals surface area contributed by atoms with Crippen molar-refractivity contribution in [3.8, 4) is 0 Å². The number of benzene rings is 1. The van der Waals surface area contributed by atoms with E-state index in [2.05, 4.69) is 0 Å². The third kappa shape index (κ3) is 3.65. The van der Waals surface area contributed by atoms with Gasteiger partial charge in [0.2, 0.25) is 0 Å². The minimum absolute atomic E-state index is 0.308. The van der Waals surface area contributed by atoms with Crippen molar-refractivity contribution in [2.75, 3.05) is 5.75 Å². The van der Waals surface area contributed by atoms with Crippen LogP contribution in [0.15, 0.2) is 46.0 Å². The van der Waals surface area contributed by atoms with Gasteiger partial charge in [0.05, 0.1) is 6.10 Å². The standard InChI is InChI=1S/C15H18N2O3S/c1-16-12(8-14(19)17(2)15(16)20)9-21-10-13(18)11-6-4-3-5-7-11/h3-8,13,18H,9-10H2,1-2H3/t13-/m1/s1. The van der Waals surface area contributed by atoms with E-state index in [-0.39, 0.29) is 11.2 Å². The summed E-state index contributed by atoms with van der Waals surface area (Å²) in [6, 6.07) is 10.9. The Bertz CT molecular complexity index is 722. The fourth-order valence-electron chi connectivity index (χ4n) is 1.96. The minimum Gasteiger partial charge on any atom is -0.388 e. The Morgan fingerprint density at radius 1 is 1.14 bits per heavy atom. The van der Waals surface area contributed by atoms with E-state index in [4.69, 9.17) is 0 Å². The number of aliphatic hydroxyl groups excluding tert-OH is 1. The average Bonchev–Trinajstić information content (AvgIpc) is 2.51. The van der Waals surface area contributed by atoms with Gasteiger partial charge >= 0.3 is 5.69 Å². The lowest BCUT2D eigenvalue weighted by Gasteiger charge is -2.12. The van der Waals surface area contributed by atoms with Crippen LogP contribution in [0.3, 0.4) is 0 Å². The molecule has 112 valence electrons. The van der Waals surface area contributed by atoms with Crippen LogP contribution in [0.1, 0.15) is 17.4 Å². The molecule has 1 atom stereocenters. The Labute approximate surface area is 126 Å². The van der Waals surface area contributed by atoms with Crippen LogP contribution in [0.4, 0.5) is 0 Å². The summed E-state index contributed by atoms with van der Waals surface area (Å²) in [5, 5.41) is 10.1. The summed E-state index contributed by atoms with van der Waals surface area (Å²) in [6.07, 6.45) is -0.556. The maximum atomic E-state index is 11.8. The third-order valence-electron chi connectivity index (χ3n) is 3.34. The molecule has 1 heterocycles. The smallest absolute Gasteiger partial charge is 0.330 e. The van der Waals surface area contributed by atoms with Gasteiger partial charge in [-0.25, -0.2) is 4.79 Å². The van der Waals surface area contributed by atoms with Crippen LogP contribution in [0.2, 0.25) is 0 Å². The van der Waals surface area contributed by atoms with Crippen molar-refractivity contribution in [1.82, 2.24) is 9.13 Å². The quantitative estimate of drug-likeness (QED) is 0.897. The van der Waals surface area contributed by atoms with Crippen molar-refractivity contribution in [2.45, 2.75) is 11.9 Å². The van der Waals surface area contributed by atoms with Crippen LogP contribution in [-0.2, 0) is 19.8 Å². The Morgan fingerprint density at radius 3 is 2.48 bits per heavy atom. The molecule has 0 unspecified atom stereocenters. The highest BCUT2D eigenvalue weighted by molar-refractivity contribution is 7.98. The molecule has 2 rings (SSSR count). The van der Waals surface area contributed by atoms with Crippen LogP contribution in [0, 0.1) is 0 Å². The van der Waals surface area contributed by atoms with Gasteiger partial charge in [-0.2, -0.15) is 11.8 Å². The van der Waals surface area contributed by atoms with Gasteiger partial charge in [0.15, 0.2) is 0 Å². The number of aliphatic hydroxyl groups is 1. The number of aromatic nitrogens is 2. The van der Waals surface area contributed by atoms with E-state index in [1.165, 1.54) is 29.4 Å². The largest absolute Gasteiger partial charge is 0.388 e. The van der Waals surface area contributed by atoms with Crippen LogP contribution >= 0.6 is 11.8 Å².